The topological polar surface area (TPSA) is 68.1 Å². The number of nitrogens with zero attached hydrogens (tertiary/aromatic N) is 4. The lowest BCUT2D eigenvalue weighted by atomic mass is 10.00. The van der Waals surface area contributed by atoms with Gasteiger partial charge in [-0.1, -0.05) is 6.07 Å². The highest BCUT2D eigenvalue weighted by molar-refractivity contribution is 7.88. The Balaban J connectivity index is 1.67. The van der Waals surface area contributed by atoms with E-state index in [1.54, 1.807) is 10.5 Å². The van der Waals surface area contributed by atoms with Crippen molar-refractivity contribution in [1.29, 1.82) is 0 Å². The van der Waals surface area contributed by atoms with Crippen molar-refractivity contribution in [1.82, 2.24) is 19.1 Å². The van der Waals surface area contributed by atoms with Crippen molar-refractivity contribution in [3.05, 3.63) is 36.2 Å². The van der Waals surface area contributed by atoms with Crippen LogP contribution >= 0.6 is 0 Å². The predicted octanol–water partition coefficient (Wildman–Crippen LogP) is 1.79. The van der Waals surface area contributed by atoms with Crippen LogP contribution in [0.15, 0.2) is 30.6 Å². The van der Waals surface area contributed by atoms with Crippen LogP contribution in [0.5, 0.6) is 0 Å². The van der Waals surface area contributed by atoms with E-state index in [-0.39, 0.29) is 0 Å². The Bertz CT molecular complexity index is 768. The zero-order valence-corrected chi connectivity index (χ0v) is 14.3. The molecule has 0 aliphatic carbocycles. The molecular formula is C16H22N4O2S. The molecule has 1 fully saturated rings. The van der Waals surface area contributed by atoms with Gasteiger partial charge < -0.3 is 0 Å². The van der Waals surface area contributed by atoms with E-state index in [4.69, 9.17) is 0 Å². The van der Waals surface area contributed by atoms with Crippen LogP contribution in [-0.2, 0) is 23.0 Å². The zero-order valence-electron chi connectivity index (χ0n) is 13.5. The molecule has 0 N–H and O–H groups in total. The molecule has 0 radical (unpaired) electrons. The summed E-state index contributed by atoms with van der Waals surface area (Å²) >= 11 is 0. The zero-order chi connectivity index (χ0) is 16.4. The number of hydrogen-bond donors (Lipinski definition) is 0. The molecule has 6 nitrogen and oxygen atoms in total. The molecule has 1 aliphatic rings. The van der Waals surface area contributed by atoms with Gasteiger partial charge >= 0.3 is 0 Å². The highest BCUT2D eigenvalue weighted by atomic mass is 32.2. The number of aryl methyl sites for hydroxylation is 1. The van der Waals surface area contributed by atoms with Gasteiger partial charge in [0.1, 0.15) is 0 Å². The standard InChI is InChI=1S/C16H22N4O2S/c1-3-20-16(6-8-18-20)15-5-4-13(11-17-15)10-14-7-9-19(12-14)23(2,21)22/h4-6,8,11,14H,3,7,9-10,12H2,1-2H3. The van der Waals surface area contributed by atoms with Gasteiger partial charge in [0.05, 0.1) is 17.6 Å². The minimum Gasteiger partial charge on any atom is -0.264 e. The quantitative estimate of drug-likeness (QED) is 0.836. The fourth-order valence-corrected chi connectivity index (χ4v) is 4.02. The Hall–Kier alpha value is -1.73. The smallest absolute Gasteiger partial charge is 0.211 e. The van der Waals surface area contributed by atoms with Gasteiger partial charge in [-0.25, -0.2) is 12.7 Å². The average Bonchev–Trinajstić information content (AvgIpc) is 3.16. The molecule has 1 atom stereocenters. The normalized spacial score (nSPS) is 19.3. The van der Waals surface area contributed by atoms with Gasteiger partial charge in [-0.3, -0.25) is 9.67 Å². The van der Waals surface area contributed by atoms with Crippen molar-refractivity contribution in [2.24, 2.45) is 5.92 Å². The fraction of sp³-hybridized carbons (Fsp3) is 0.500. The maximum atomic E-state index is 11.6. The highest BCUT2D eigenvalue weighted by Gasteiger charge is 2.28. The predicted molar refractivity (Wildman–Crippen MR) is 89.4 cm³/mol. The first-order valence-corrected chi connectivity index (χ1v) is 9.74. The van der Waals surface area contributed by atoms with Crippen molar-refractivity contribution in [3.63, 3.8) is 0 Å². The maximum absolute atomic E-state index is 11.6. The first kappa shape index (κ1) is 16.1. The minimum atomic E-state index is -3.06. The molecule has 0 aromatic carbocycles. The van der Waals surface area contributed by atoms with Crippen molar-refractivity contribution >= 4 is 10.0 Å². The molecule has 7 heteroatoms. The van der Waals surface area contributed by atoms with E-state index in [9.17, 15) is 8.42 Å². The van der Waals surface area contributed by atoms with Crippen molar-refractivity contribution in [2.75, 3.05) is 19.3 Å². The van der Waals surface area contributed by atoms with Gasteiger partial charge in [0.15, 0.2) is 0 Å². The van der Waals surface area contributed by atoms with Gasteiger partial charge in [-0.2, -0.15) is 5.10 Å². The van der Waals surface area contributed by atoms with Gasteiger partial charge in [0.2, 0.25) is 10.0 Å². The molecule has 3 heterocycles. The second-order valence-corrected chi connectivity index (χ2v) is 8.05. The van der Waals surface area contributed by atoms with Crippen LogP contribution in [0.2, 0.25) is 0 Å². The second-order valence-electron chi connectivity index (χ2n) is 6.06. The van der Waals surface area contributed by atoms with Gasteiger partial charge in [0.25, 0.3) is 0 Å². The Morgan fingerprint density at radius 1 is 1.30 bits per heavy atom. The summed E-state index contributed by atoms with van der Waals surface area (Å²) in [7, 11) is -3.06. The van der Waals surface area contributed by atoms with E-state index in [1.165, 1.54) is 6.26 Å². The first-order chi connectivity index (χ1) is 11.0. The van der Waals surface area contributed by atoms with Crippen molar-refractivity contribution in [3.8, 4) is 11.4 Å². The Labute approximate surface area is 137 Å². The summed E-state index contributed by atoms with van der Waals surface area (Å²) < 4.78 is 26.6. The molecular weight excluding hydrogens is 312 g/mol. The monoisotopic (exact) mass is 334 g/mol. The van der Waals surface area contributed by atoms with E-state index in [2.05, 4.69) is 23.1 Å². The molecule has 0 amide bonds. The van der Waals surface area contributed by atoms with Crippen LogP contribution in [0.3, 0.4) is 0 Å². The van der Waals surface area contributed by atoms with E-state index in [1.807, 2.05) is 23.0 Å². The minimum absolute atomic E-state index is 0.374. The molecule has 23 heavy (non-hydrogen) atoms. The SMILES string of the molecule is CCn1nccc1-c1ccc(CC2CCN(S(C)(=O)=O)C2)cn1. The van der Waals surface area contributed by atoms with E-state index in [0.29, 0.717) is 19.0 Å². The molecule has 1 aliphatic heterocycles. The number of aromatic nitrogens is 3. The number of rotatable bonds is 5. The summed E-state index contributed by atoms with van der Waals surface area (Å²) in [5.74, 6) is 0.374. The van der Waals surface area contributed by atoms with Gasteiger partial charge in [-0.05, 0) is 43.4 Å². The van der Waals surface area contributed by atoms with Gasteiger partial charge in [0, 0.05) is 32.0 Å². The third-order valence-corrected chi connectivity index (χ3v) is 5.61. The molecule has 124 valence electrons. The van der Waals surface area contributed by atoms with Gasteiger partial charge in [-0.15, -0.1) is 0 Å². The summed E-state index contributed by atoms with van der Waals surface area (Å²) in [6, 6.07) is 6.06. The lowest BCUT2D eigenvalue weighted by Gasteiger charge is -2.13. The van der Waals surface area contributed by atoms with Crippen LogP contribution in [0.25, 0.3) is 11.4 Å². The van der Waals surface area contributed by atoms with Crippen molar-refractivity contribution in [2.45, 2.75) is 26.3 Å². The van der Waals surface area contributed by atoms with Crippen molar-refractivity contribution < 1.29 is 8.42 Å². The van der Waals surface area contributed by atoms with Crippen LogP contribution in [-0.4, -0.2) is 46.8 Å². The summed E-state index contributed by atoms with van der Waals surface area (Å²) in [4.78, 5) is 4.55. The molecule has 2 aromatic heterocycles. The third kappa shape index (κ3) is 3.61. The number of hydrogen-bond acceptors (Lipinski definition) is 4. The van der Waals surface area contributed by atoms with Crippen LogP contribution < -0.4 is 0 Å². The fourth-order valence-electron chi connectivity index (χ4n) is 3.10. The Kier molecular flexibility index (Phi) is 4.50. The van der Waals surface area contributed by atoms with Crippen LogP contribution in [0.4, 0.5) is 0 Å². The molecule has 3 rings (SSSR count). The highest BCUT2D eigenvalue weighted by Crippen LogP contribution is 2.23. The molecule has 0 saturated carbocycles. The molecule has 1 unspecified atom stereocenters. The summed E-state index contributed by atoms with van der Waals surface area (Å²) in [5.41, 5.74) is 3.08. The summed E-state index contributed by atoms with van der Waals surface area (Å²) in [5, 5.41) is 4.26. The molecule has 0 spiro atoms. The lowest BCUT2D eigenvalue weighted by Crippen LogP contribution is -2.27. The first-order valence-electron chi connectivity index (χ1n) is 7.89. The maximum Gasteiger partial charge on any atom is 0.211 e. The molecule has 2 aromatic rings. The largest absolute Gasteiger partial charge is 0.264 e. The van der Waals surface area contributed by atoms with Crippen LogP contribution in [0.1, 0.15) is 18.9 Å². The summed E-state index contributed by atoms with van der Waals surface area (Å²) in [6.45, 7) is 4.11. The Morgan fingerprint density at radius 2 is 2.13 bits per heavy atom. The van der Waals surface area contributed by atoms with E-state index < -0.39 is 10.0 Å². The summed E-state index contributed by atoms with van der Waals surface area (Å²) in [6.07, 6.45) is 6.74. The number of sulfonamides is 1. The third-order valence-electron chi connectivity index (χ3n) is 4.35. The molecule has 0 bridgehead atoms. The second kappa shape index (κ2) is 6.41. The number of pyridine rings is 1. The lowest BCUT2D eigenvalue weighted by molar-refractivity contribution is 0.460. The average molecular weight is 334 g/mol. The Morgan fingerprint density at radius 3 is 2.74 bits per heavy atom. The molecule has 1 saturated heterocycles. The van der Waals surface area contributed by atoms with E-state index >= 15 is 0 Å². The van der Waals surface area contributed by atoms with Crippen LogP contribution in [0, 0.1) is 5.92 Å². The van der Waals surface area contributed by atoms with E-state index in [0.717, 1.165) is 36.3 Å².